The Morgan fingerprint density at radius 1 is 1.19 bits per heavy atom. The molecule has 0 spiro atoms. The molecule has 2 aliphatic heterocycles. The highest BCUT2D eigenvalue weighted by molar-refractivity contribution is 6.44. The molecule has 0 radical (unpaired) electrons. The summed E-state index contributed by atoms with van der Waals surface area (Å²) in [4.78, 5) is 24.8. The fourth-order valence-corrected chi connectivity index (χ4v) is 4.16. The number of ether oxygens (including phenoxy) is 2. The molecule has 0 aliphatic carbocycles. The minimum atomic E-state index is -0.722. The molecule has 1 aromatic carbocycles. The first-order valence-corrected chi connectivity index (χ1v) is 9.80. The summed E-state index contributed by atoms with van der Waals surface area (Å²) in [5.74, 6) is 0.657. The van der Waals surface area contributed by atoms with Gasteiger partial charge in [-0.1, -0.05) is 0 Å². The van der Waals surface area contributed by atoms with Crippen molar-refractivity contribution in [2.75, 3.05) is 6.61 Å². The van der Waals surface area contributed by atoms with E-state index in [1.54, 1.807) is 17.0 Å². The molecule has 0 unspecified atom stereocenters. The molecule has 144 valence electrons. The number of halogens is 2. The van der Waals surface area contributed by atoms with E-state index >= 15 is 0 Å². The number of fused-ring (bicyclic) bond motifs is 3. The van der Waals surface area contributed by atoms with Crippen LogP contribution >= 0.6 is 23.2 Å². The number of amides is 1. The van der Waals surface area contributed by atoms with Gasteiger partial charge < -0.3 is 18.8 Å². The van der Waals surface area contributed by atoms with Gasteiger partial charge in [0, 0.05) is 42.4 Å². The zero-order valence-corrected chi connectivity index (χ0v) is 16.0. The van der Waals surface area contributed by atoms with E-state index in [4.69, 9.17) is 37.1 Å². The molecule has 27 heavy (non-hydrogen) atoms. The van der Waals surface area contributed by atoms with Gasteiger partial charge in [0.15, 0.2) is 0 Å². The van der Waals surface area contributed by atoms with E-state index in [9.17, 15) is 9.59 Å². The predicted octanol–water partition coefficient (Wildman–Crippen LogP) is 4.11. The highest BCUT2D eigenvalue weighted by Gasteiger charge is 2.45. The Morgan fingerprint density at radius 2 is 1.89 bits per heavy atom. The molecular formula is C19H19Cl2NO5. The van der Waals surface area contributed by atoms with Gasteiger partial charge in [0.1, 0.15) is 28.9 Å². The predicted molar refractivity (Wildman–Crippen MR) is 102 cm³/mol. The van der Waals surface area contributed by atoms with Gasteiger partial charge in [0.2, 0.25) is 0 Å². The van der Waals surface area contributed by atoms with E-state index in [2.05, 4.69) is 0 Å². The van der Waals surface area contributed by atoms with Gasteiger partial charge in [-0.05, 0) is 31.0 Å². The highest BCUT2D eigenvalue weighted by Crippen LogP contribution is 2.38. The number of benzene rings is 1. The molecule has 2 aromatic rings. The lowest BCUT2D eigenvalue weighted by atomic mass is 10.00. The zero-order valence-electron chi connectivity index (χ0n) is 14.5. The summed E-state index contributed by atoms with van der Waals surface area (Å²) in [6.07, 6.45) is 2.95. The van der Waals surface area contributed by atoms with Gasteiger partial charge in [-0.2, -0.15) is 0 Å². The average Bonchev–Trinajstić information content (AvgIpc) is 2.90. The monoisotopic (exact) mass is 411 g/mol. The number of alkyl halides is 2. The second kappa shape index (κ2) is 7.60. The van der Waals surface area contributed by atoms with Crippen LogP contribution in [0.2, 0.25) is 0 Å². The molecule has 3 heterocycles. The van der Waals surface area contributed by atoms with E-state index < -0.39 is 4.84 Å². The van der Waals surface area contributed by atoms with E-state index in [0.717, 1.165) is 31.1 Å². The second-order valence-electron chi connectivity index (χ2n) is 6.93. The molecule has 8 heteroatoms. The SMILES string of the molecule is O=C(OCC(Cl)Cl)N1[C@@H]2CC[C@H]1C[C@H](Oc1ccc3ccc(=O)oc3c1)C2. The molecule has 4 rings (SSSR count). The number of carbonyl (C=O) groups is 1. The van der Waals surface area contributed by atoms with Gasteiger partial charge in [-0.3, -0.25) is 0 Å². The van der Waals surface area contributed by atoms with Crippen LogP contribution in [0.3, 0.4) is 0 Å². The Kier molecular flexibility index (Phi) is 5.19. The number of hydrogen-bond acceptors (Lipinski definition) is 5. The Balaban J connectivity index is 1.43. The molecule has 2 aliphatic rings. The Bertz CT molecular complexity index is 885. The first-order valence-electron chi connectivity index (χ1n) is 8.93. The van der Waals surface area contributed by atoms with Crippen molar-refractivity contribution >= 4 is 40.3 Å². The number of piperidine rings is 1. The molecule has 2 bridgehead atoms. The standard InChI is InChI=1S/C19H19Cl2NO5/c20-17(21)10-25-19(24)22-12-3-4-13(22)8-15(7-12)26-14-5-1-11-2-6-18(23)27-16(11)9-14/h1-2,5-6,9,12-13,15,17H,3-4,7-8,10H2/t12-,13+,15-. The molecule has 2 saturated heterocycles. The van der Waals surface area contributed by atoms with E-state index in [-0.39, 0.29) is 36.5 Å². The number of carbonyl (C=O) groups excluding carboxylic acids is 1. The molecule has 0 saturated carbocycles. The smallest absolute Gasteiger partial charge is 0.410 e. The molecular weight excluding hydrogens is 393 g/mol. The quantitative estimate of drug-likeness (QED) is 0.559. The van der Waals surface area contributed by atoms with Gasteiger partial charge in [0.25, 0.3) is 0 Å². The maximum Gasteiger partial charge on any atom is 0.410 e. The molecule has 1 aromatic heterocycles. The fourth-order valence-electron chi connectivity index (χ4n) is 4.04. The summed E-state index contributed by atoms with van der Waals surface area (Å²) in [5.41, 5.74) is 0.112. The number of rotatable bonds is 4. The third-order valence-corrected chi connectivity index (χ3v) is 5.38. The lowest BCUT2D eigenvalue weighted by molar-refractivity contribution is 0.0348. The normalized spacial score (nSPS) is 24.4. The summed E-state index contributed by atoms with van der Waals surface area (Å²) >= 11 is 11.3. The van der Waals surface area contributed by atoms with Crippen molar-refractivity contribution < 1.29 is 18.7 Å². The van der Waals surface area contributed by atoms with Crippen LogP contribution in [0, 0.1) is 0 Å². The van der Waals surface area contributed by atoms with E-state index in [0.29, 0.717) is 11.3 Å². The van der Waals surface area contributed by atoms with Crippen LogP contribution in [-0.2, 0) is 4.74 Å². The maximum atomic E-state index is 12.3. The minimum Gasteiger partial charge on any atom is -0.490 e. The minimum absolute atomic E-state index is 0.00626. The van der Waals surface area contributed by atoms with Crippen molar-refractivity contribution in [3.63, 3.8) is 0 Å². The van der Waals surface area contributed by atoms with Crippen molar-refractivity contribution in [3.05, 3.63) is 40.8 Å². The molecule has 3 atom stereocenters. The lowest BCUT2D eigenvalue weighted by Gasteiger charge is -2.38. The molecule has 2 fully saturated rings. The fraction of sp³-hybridized carbons (Fsp3) is 0.474. The Hall–Kier alpha value is -1.92. The van der Waals surface area contributed by atoms with Gasteiger partial charge >= 0.3 is 11.7 Å². The molecule has 1 amide bonds. The van der Waals surface area contributed by atoms with E-state index in [1.165, 1.54) is 6.07 Å². The topological polar surface area (TPSA) is 69.0 Å². The van der Waals surface area contributed by atoms with Crippen LogP contribution in [0.5, 0.6) is 5.75 Å². The summed E-state index contributed by atoms with van der Waals surface area (Å²) in [5, 5.41) is 0.844. The summed E-state index contributed by atoms with van der Waals surface area (Å²) in [7, 11) is 0. The van der Waals surface area contributed by atoms with Crippen molar-refractivity contribution in [1.82, 2.24) is 4.90 Å². The second-order valence-corrected chi connectivity index (χ2v) is 8.20. The Morgan fingerprint density at radius 3 is 2.59 bits per heavy atom. The maximum absolute atomic E-state index is 12.3. The lowest BCUT2D eigenvalue weighted by Crippen LogP contribution is -2.49. The summed E-state index contributed by atoms with van der Waals surface area (Å²) < 4.78 is 16.5. The van der Waals surface area contributed by atoms with Gasteiger partial charge in [0.05, 0.1) is 0 Å². The van der Waals surface area contributed by atoms with Crippen LogP contribution in [0.4, 0.5) is 4.79 Å². The number of hydrogen-bond donors (Lipinski definition) is 0. The largest absolute Gasteiger partial charge is 0.490 e. The third-order valence-electron chi connectivity index (χ3n) is 5.13. The van der Waals surface area contributed by atoms with Crippen LogP contribution in [0.15, 0.2) is 39.5 Å². The van der Waals surface area contributed by atoms with Crippen molar-refractivity contribution in [2.24, 2.45) is 0 Å². The van der Waals surface area contributed by atoms with Crippen molar-refractivity contribution in [3.8, 4) is 5.75 Å². The zero-order chi connectivity index (χ0) is 19.0. The first-order chi connectivity index (χ1) is 13.0. The van der Waals surface area contributed by atoms with Gasteiger partial charge in [-0.15, -0.1) is 23.2 Å². The van der Waals surface area contributed by atoms with Gasteiger partial charge in [-0.25, -0.2) is 9.59 Å². The highest BCUT2D eigenvalue weighted by atomic mass is 35.5. The number of nitrogens with zero attached hydrogens (tertiary/aromatic N) is 1. The van der Waals surface area contributed by atoms with Crippen molar-refractivity contribution in [2.45, 2.75) is 48.7 Å². The third kappa shape index (κ3) is 4.01. The average molecular weight is 412 g/mol. The van der Waals surface area contributed by atoms with Crippen LogP contribution < -0.4 is 10.4 Å². The van der Waals surface area contributed by atoms with Crippen LogP contribution in [0.25, 0.3) is 11.0 Å². The first kappa shape index (κ1) is 18.4. The van der Waals surface area contributed by atoms with Crippen LogP contribution in [0.1, 0.15) is 25.7 Å². The van der Waals surface area contributed by atoms with E-state index in [1.807, 2.05) is 12.1 Å². The molecule has 0 N–H and O–H groups in total. The van der Waals surface area contributed by atoms with Crippen LogP contribution in [-0.4, -0.2) is 40.6 Å². The molecule has 6 nitrogen and oxygen atoms in total. The summed E-state index contributed by atoms with van der Waals surface area (Å²) in [6.45, 7) is -0.0138. The Labute approximate surface area is 165 Å². The summed E-state index contributed by atoms with van der Waals surface area (Å²) in [6, 6.07) is 8.76. The van der Waals surface area contributed by atoms with Crippen molar-refractivity contribution in [1.29, 1.82) is 0 Å².